The van der Waals surface area contributed by atoms with Crippen molar-refractivity contribution in [2.75, 3.05) is 25.1 Å². The molecule has 2 aliphatic heterocycles. The van der Waals surface area contributed by atoms with Gasteiger partial charge in [-0.3, -0.25) is 41.8 Å². The molecule has 0 radical (unpaired) electrons. The predicted molar refractivity (Wildman–Crippen MR) is 241 cm³/mol. The largest absolute Gasteiger partial charge is 0.530 e. The number of rotatable bonds is 19. The number of aryl methyl sites for hydroxylation is 1. The van der Waals surface area contributed by atoms with Gasteiger partial charge in [0.15, 0.2) is 17.0 Å². The number of aromatic amines is 1. The molecule has 68 heavy (non-hydrogen) atoms. The number of hydrogen-bond donors (Lipinski definition) is 3. The number of aliphatic hydroxyl groups excluding tert-OH is 1. The van der Waals surface area contributed by atoms with E-state index in [0.29, 0.717) is 15.6 Å². The number of aromatic nitrogens is 6. The van der Waals surface area contributed by atoms with Crippen LogP contribution in [0, 0.1) is 18.3 Å². The minimum atomic E-state index is -4.85. The first kappa shape index (κ1) is 48.7. The summed E-state index contributed by atoms with van der Waals surface area (Å²) in [6.07, 6.45) is -3.70. The smallest absolute Gasteiger partial charge is 0.404 e. The third kappa shape index (κ3) is 11.5. The monoisotopic (exact) mass is 1010 g/mol. The number of benzene rings is 3. The highest BCUT2D eigenvalue weighted by molar-refractivity contribution is 7.49. The second-order valence-corrected chi connectivity index (χ2v) is 19.0. The number of amides is 1. The zero-order valence-corrected chi connectivity index (χ0v) is 38.8. The van der Waals surface area contributed by atoms with Crippen LogP contribution in [-0.4, -0.2) is 84.3 Å². The predicted octanol–water partition coefficient (Wildman–Crippen LogP) is 6.90. The second kappa shape index (κ2) is 21.2. The summed E-state index contributed by atoms with van der Waals surface area (Å²) in [4.78, 5) is 53.3. The van der Waals surface area contributed by atoms with Gasteiger partial charge in [-0.05, 0) is 67.6 Å². The van der Waals surface area contributed by atoms with Crippen molar-refractivity contribution in [1.29, 1.82) is 5.26 Å². The molecule has 2 aliphatic rings. The van der Waals surface area contributed by atoms with Crippen LogP contribution in [0.15, 0.2) is 107 Å². The molecule has 3 aromatic carbocycles. The van der Waals surface area contributed by atoms with E-state index in [2.05, 4.69) is 25.3 Å². The summed E-state index contributed by atoms with van der Waals surface area (Å²) in [7, 11) is -9.50. The van der Waals surface area contributed by atoms with Crippen molar-refractivity contribution in [3.63, 3.8) is 0 Å². The molecule has 2 saturated heterocycles. The molecule has 0 bridgehead atoms. The first-order chi connectivity index (χ1) is 32.7. The maximum atomic E-state index is 14.9. The first-order valence-electron chi connectivity index (χ1n) is 20.6. The van der Waals surface area contributed by atoms with Crippen LogP contribution in [0.3, 0.4) is 0 Å². The molecule has 356 valence electrons. The molecule has 8 unspecified atom stereocenters. The van der Waals surface area contributed by atoms with E-state index in [0.717, 1.165) is 4.57 Å². The topological polar surface area (TPSA) is 280 Å². The SMILES string of the molecule is Cc1cn(C2CC(OP(=O)(OCC3OC(n4cnc5c(NC(=O)c6ccccc6)ncnc54)CC3OP(=O)(OCCC#N)Oc3ccc(Cl)cc3)Oc3ccc(Cl)cc3)C(CO)O2)c(=O)[nH]c1=O. The summed E-state index contributed by atoms with van der Waals surface area (Å²) in [6, 6.07) is 21.9. The zero-order valence-electron chi connectivity index (χ0n) is 35.5. The average molecular weight is 1010 g/mol. The highest BCUT2D eigenvalue weighted by Gasteiger charge is 2.48. The van der Waals surface area contributed by atoms with Crippen LogP contribution in [-0.2, 0) is 36.7 Å². The summed E-state index contributed by atoms with van der Waals surface area (Å²) in [5.74, 6) is -0.318. The lowest BCUT2D eigenvalue weighted by Crippen LogP contribution is -2.33. The van der Waals surface area contributed by atoms with Gasteiger partial charge in [0.05, 0.1) is 38.6 Å². The van der Waals surface area contributed by atoms with Crippen molar-refractivity contribution in [3.05, 3.63) is 140 Å². The molecule has 0 spiro atoms. The Morgan fingerprint density at radius 2 is 1.47 bits per heavy atom. The molecule has 3 aromatic heterocycles. The van der Waals surface area contributed by atoms with E-state index in [4.69, 9.17) is 59.8 Å². The average Bonchev–Trinajstić information content (AvgIpc) is 4.06. The zero-order chi connectivity index (χ0) is 48.0. The van der Waals surface area contributed by atoms with E-state index in [1.165, 1.54) is 78.9 Å². The molecule has 22 nitrogen and oxygen atoms in total. The van der Waals surface area contributed by atoms with Gasteiger partial charge in [-0.25, -0.2) is 28.9 Å². The number of imidazole rings is 1. The standard InChI is InChI=1S/C42H40Cl2N8O14P2/c1-25-20-51(42(56)50-40(25)54)35-18-31(33(21-53)61-35)65-68(58,64-30-14-10-28(44)11-15-30)60-22-34-32(66-67(57,59-17-5-16-45)63-29-12-8-27(43)9-13-29)19-36(62-34)52-24-48-37-38(46-23-47-39(37)52)49-41(55)26-6-3-2-4-7-26/h2-4,6-15,20,23-24,31-36,53H,5,17-19,21-22H2,1H3,(H,50,54,56)(H,46,47,49,55). The number of nitriles is 1. The van der Waals surface area contributed by atoms with Crippen molar-refractivity contribution < 1.29 is 55.6 Å². The van der Waals surface area contributed by atoms with E-state index < -0.39 is 82.9 Å². The Kier molecular flexibility index (Phi) is 15.2. The van der Waals surface area contributed by atoms with Crippen molar-refractivity contribution in [2.24, 2.45) is 0 Å². The van der Waals surface area contributed by atoms with Crippen molar-refractivity contribution in [3.8, 4) is 17.6 Å². The van der Waals surface area contributed by atoms with Gasteiger partial charge in [-0.1, -0.05) is 41.4 Å². The fourth-order valence-electron chi connectivity index (χ4n) is 7.11. The first-order valence-corrected chi connectivity index (χ1v) is 24.3. The van der Waals surface area contributed by atoms with Gasteiger partial charge in [-0.15, -0.1) is 0 Å². The number of carbonyl (C=O) groups excluding carboxylic acids is 1. The molecular weight excluding hydrogens is 973 g/mol. The maximum absolute atomic E-state index is 14.9. The van der Waals surface area contributed by atoms with E-state index >= 15 is 0 Å². The summed E-state index contributed by atoms with van der Waals surface area (Å²) in [6.45, 7) is -0.190. The molecule has 8 rings (SSSR count). The van der Waals surface area contributed by atoms with Crippen molar-refractivity contribution in [2.45, 2.75) is 63.1 Å². The second-order valence-electron chi connectivity index (χ2n) is 15.1. The highest BCUT2D eigenvalue weighted by Crippen LogP contribution is 2.56. The molecule has 5 heterocycles. The highest BCUT2D eigenvalue weighted by atomic mass is 35.5. The van der Waals surface area contributed by atoms with Crippen LogP contribution < -0.4 is 25.6 Å². The van der Waals surface area contributed by atoms with Crippen LogP contribution in [0.25, 0.3) is 11.2 Å². The number of fused-ring (bicyclic) bond motifs is 1. The Morgan fingerprint density at radius 1 is 0.868 bits per heavy atom. The number of nitrogens with one attached hydrogen (secondary N) is 2. The Hall–Kier alpha value is -5.79. The van der Waals surface area contributed by atoms with Gasteiger partial charge in [0.25, 0.3) is 11.5 Å². The number of halogens is 2. The van der Waals surface area contributed by atoms with Crippen LogP contribution in [0.5, 0.6) is 11.5 Å². The lowest BCUT2D eigenvalue weighted by molar-refractivity contribution is -0.0556. The van der Waals surface area contributed by atoms with Gasteiger partial charge >= 0.3 is 21.3 Å². The van der Waals surface area contributed by atoms with E-state index in [1.54, 1.807) is 30.3 Å². The summed E-state index contributed by atoms with van der Waals surface area (Å²) in [5, 5.41) is 23.1. The van der Waals surface area contributed by atoms with Crippen molar-refractivity contribution >= 4 is 61.7 Å². The van der Waals surface area contributed by atoms with Gasteiger partial charge in [0, 0.05) is 40.2 Å². The Morgan fingerprint density at radius 3 is 2.10 bits per heavy atom. The number of carbonyl (C=O) groups is 1. The minimum Gasteiger partial charge on any atom is -0.404 e. The number of anilines is 1. The molecule has 2 fully saturated rings. The molecule has 0 saturated carbocycles. The molecule has 0 aliphatic carbocycles. The summed E-state index contributed by atoms with van der Waals surface area (Å²) < 4.78 is 80.0. The normalized spacial score (nSPS) is 22.0. The minimum absolute atomic E-state index is 0.00858. The lowest BCUT2D eigenvalue weighted by atomic mass is 10.2. The van der Waals surface area contributed by atoms with Crippen LogP contribution in [0.4, 0.5) is 5.82 Å². The van der Waals surface area contributed by atoms with E-state index in [9.17, 15) is 33.9 Å². The third-order valence-electron chi connectivity index (χ3n) is 10.4. The van der Waals surface area contributed by atoms with Gasteiger partial charge in [-0.2, -0.15) is 5.26 Å². The van der Waals surface area contributed by atoms with Crippen LogP contribution in [0.2, 0.25) is 10.0 Å². The molecule has 3 N–H and O–H groups in total. The molecule has 26 heteroatoms. The number of H-pyrrole nitrogens is 1. The van der Waals surface area contributed by atoms with Crippen LogP contribution in [0.1, 0.15) is 47.6 Å². The number of phosphoric ester groups is 2. The number of phosphoric acid groups is 2. The molecular formula is C42H40Cl2N8O14P2. The molecule has 6 aromatic rings. The molecule has 1 amide bonds. The fraction of sp³-hybridized carbons (Fsp3) is 0.310. The van der Waals surface area contributed by atoms with E-state index in [1.807, 2.05) is 6.07 Å². The number of ether oxygens (including phenoxy) is 2. The van der Waals surface area contributed by atoms with Crippen LogP contribution >= 0.6 is 38.8 Å². The van der Waals surface area contributed by atoms with E-state index in [-0.39, 0.29) is 59.9 Å². The summed E-state index contributed by atoms with van der Waals surface area (Å²) in [5.41, 5.74) is -0.416. The number of hydrogen-bond acceptors (Lipinski definition) is 18. The number of nitrogens with zero attached hydrogens (tertiary/aromatic N) is 6. The lowest BCUT2D eigenvalue weighted by Gasteiger charge is -2.27. The van der Waals surface area contributed by atoms with Gasteiger partial charge < -0.3 is 28.9 Å². The third-order valence-corrected chi connectivity index (χ3v) is 13.8. The quantitative estimate of drug-likeness (QED) is 0.0549. The van der Waals surface area contributed by atoms with Gasteiger partial charge in [0.2, 0.25) is 0 Å². The fourth-order valence-corrected chi connectivity index (χ4v) is 10.2. The molecule has 8 atom stereocenters. The Labute approximate surface area is 395 Å². The van der Waals surface area contributed by atoms with Crippen molar-refractivity contribution in [1.82, 2.24) is 29.1 Å². The maximum Gasteiger partial charge on any atom is 0.530 e. The Balaban J connectivity index is 1.10. The Bertz CT molecular complexity index is 3010. The number of aliphatic hydroxyl groups is 1. The van der Waals surface area contributed by atoms with Gasteiger partial charge in [0.1, 0.15) is 54.7 Å². The summed E-state index contributed by atoms with van der Waals surface area (Å²) >= 11 is 12.2.